The quantitative estimate of drug-likeness (QED) is 0.303. The van der Waals surface area contributed by atoms with Gasteiger partial charge in [0, 0.05) is 6.07 Å². The molecular formula is C28H27NO4. The lowest BCUT2D eigenvalue weighted by atomic mass is 10.1. The van der Waals surface area contributed by atoms with Crippen LogP contribution in [0.5, 0.6) is 28.7 Å². The topological polar surface area (TPSA) is 73.2 Å². The van der Waals surface area contributed by atoms with Gasteiger partial charge in [-0.05, 0) is 86.3 Å². The van der Waals surface area contributed by atoms with E-state index in [0.29, 0.717) is 22.9 Å². The van der Waals surface area contributed by atoms with Gasteiger partial charge in [-0.2, -0.15) is 0 Å². The normalized spacial score (nSPS) is 10.8. The third-order valence-electron chi connectivity index (χ3n) is 5.68. The van der Waals surface area contributed by atoms with Crippen LogP contribution in [0.2, 0.25) is 0 Å². The maximum atomic E-state index is 10.8. The highest BCUT2D eigenvalue weighted by molar-refractivity contribution is 5.86. The molecule has 4 aromatic carbocycles. The van der Waals surface area contributed by atoms with Crippen LogP contribution in [-0.4, -0.2) is 15.3 Å². The summed E-state index contributed by atoms with van der Waals surface area (Å²) in [5.74, 6) is 1.67. The number of phenolic OH excluding ortho intramolecular Hbond substituents is 3. The first kappa shape index (κ1) is 22.1. The average molecular weight is 442 g/mol. The van der Waals surface area contributed by atoms with E-state index in [1.165, 1.54) is 0 Å². The van der Waals surface area contributed by atoms with Gasteiger partial charge in [0.2, 0.25) is 0 Å². The minimum atomic E-state index is 0.106. The molecule has 0 aliphatic carbocycles. The van der Waals surface area contributed by atoms with Gasteiger partial charge in [-0.3, -0.25) is 0 Å². The van der Waals surface area contributed by atoms with Crippen LogP contribution in [0.1, 0.15) is 22.3 Å². The summed E-state index contributed by atoms with van der Waals surface area (Å²) >= 11 is 0. The third-order valence-corrected chi connectivity index (χ3v) is 5.68. The fraction of sp³-hybridized carbons (Fsp3) is 0.143. The molecule has 0 atom stereocenters. The Bertz CT molecular complexity index is 1240. The molecule has 168 valence electrons. The van der Waals surface area contributed by atoms with Crippen LogP contribution in [0.4, 0.5) is 17.1 Å². The second-order valence-electron chi connectivity index (χ2n) is 8.22. The van der Waals surface area contributed by atoms with Crippen molar-refractivity contribution in [1.82, 2.24) is 0 Å². The van der Waals surface area contributed by atoms with E-state index < -0.39 is 0 Å². The minimum absolute atomic E-state index is 0.106. The van der Waals surface area contributed by atoms with Crippen LogP contribution in [0.15, 0.2) is 72.8 Å². The number of aromatic hydroxyl groups is 3. The summed E-state index contributed by atoms with van der Waals surface area (Å²) in [6, 6.07) is 21.6. The highest BCUT2D eigenvalue weighted by atomic mass is 16.5. The SMILES string of the molecule is Cc1cc(Oc2cccc(N(c3c(C)cccc3O)c3c(C)cccc3O)c2)c(C)cc1O. The number of para-hydroxylation sites is 2. The van der Waals surface area contributed by atoms with Crippen molar-refractivity contribution in [2.75, 3.05) is 4.90 Å². The summed E-state index contributed by atoms with van der Waals surface area (Å²) < 4.78 is 6.17. The van der Waals surface area contributed by atoms with Gasteiger partial charge in [-0.15, -0.1) is 0 Å². The fourth-order valence-corrected chi connectivity index (χ4v) is 3.94. The van der Waals surface area contributed by atoms with Crippen molar-refractivity contribution in [3.8, 4) is 28.7 Å². The number of hydrogen-bond acceptors (Lipinski definition) is 5. The lowest BCUT2D eigenvalue weighted by Crippen LogP contribution is -2.13. The zero-order chi connectivity index (χ0) is 23.7. The molecule has 4 aromatic rings. The largest absolute Gasteiger partial charge is 0.508 e. The van der Waals surface area contributed by atoms with Gasteiger partial charge in [0.1, 0.15) is 28.7 Å². The van der Waals surface area contributed by atoms with Crippen molar-refractivity contribution in [1.29, 1.82) is 0 Å². The van der Waals surface area contributed by atoms with E-state index in [-0.39, 0.29) is 17.2 Å². The number of nitrogens with zero attached hydrogens (tertiary/aromatic N) is 1. The van der Waals surface area contributed by atoms with Crippen molar-refractivity contribution in [2.24, 2.45) is 0 Å². The van der Waals surface area contributed by atoms with Gasteiger partial charge < -0.3 is 25.0 Å². The van der Waals surface area contributed by atoms with Crippen LogP contribution in [0.3, 0.4) is 0 Å². The average Bonchev–Trinajstić information content (AvgIpc) is 2.76. The predicted octanol–water partition coefficient (Wildman–Crippen LogP) is 7.30. The van der Waals surface area contributed by atoms with Gasteiger partial charge in [0.25, 0.3) is 0 Å². The molecule has 0 heterocycles. The van der Waals surface area contributed by atoms with E-state index in [0.717, 1.165) is 27.9 Å². The lowest BCUT2D eigenvalue weighted by molar-refractivity contribution is 0.458. The molecule has 0 aromatic heterocycles. The van der Waals surface area contributed by atoms with E-state index in [4.69, 9.17) is 4.74 Å². The zero-order valence-electron chi connectivity index (χ0n) is 19.1. The first-order valence-corrected chi connectivity index (χ1v) is 10.7. The molecule has 0 bridgehead atoms. The van der Waals surface area contributed by atoms with E-state index >= 15 is 0 Å². The summed E-state index contributed by atoms with van der Waals surface area (Å²) in [5.41, 5.74) is 5.13. The third kappa shape index (κ3) is 4.30. The van der Waals surface area contributed by atoms with Gasteiger partial charge in [-0.25, -0.2) is 0 Å². The first-order valence-electron chi connectivity index (χ1n) is 10.7. The molecule has 0 spiro atoms. The maximum Gasteiger partial charge on any atom is 0.139 e. The van der Waals surface area contributed by atoms with Crippen molar-refractivity contribution in [3.63, 3.8) is 0 Å². The second-order valence-corrected chi connectivity index (χ2v) is 8.22. The fourth-order valence-electron chi connectivity index (χ4n) is 3.94. The molecular weight excluding hydrogens is 414 g/mol. The van der Waals surface area contributed by atoms with Crippen molar-refractivity contribution >= 4 is 17.1 Å². The maximum absolute atomic E-state index is 10.8. The molecule has 4 rings (SSSR count). The van der Waals surface area contributed by atoms with Gasteiger partial charge in [-0.1, -0.05) is 30.3 Å². The molecule has 0 amide bonds. The molecule has 0 aliphatic heterocycles. The molecule has 5 heteroatoms. The number of hydrogen-bond donors (Lipinski definition) is 3. The molecule has 33 heavy (non-hydrogen) atoms. The second kappa shape index (κ2) is 8.79. The Morgan fingerprint density at radius 2 is 1.15 bits per heavy atom. The highest BCUT2D eigenvalue weighted by Crippen LogP contribution is 2.47. The molecule has 5 nitrogen and oxygen atoms in total. The summed E-state index contributed by atoms with van der Waals surface area (Å²) in [5, 5.41) is 31.5. The Labute approximate surface area is 193 Å². The Balaban J connectivity index is 1.87. The van der Waals surface area contributed by atoms with Crippen LogP contribution in [0.25, 0.3) is 0 Å². The Morgan fingerprint density at radius 1 is 0.576 bits per heavy atom. The van der Waals surface area contributed by atoms with E-state index in [1.54, 1.807) is 36.4 Å². The van der Waals surface area contributed by atoms with E-state index in [2.05, 4.69) is 0 Å². The Hall–Kier alpha value is -4.12. The molecule has 0 saturated heterocycles. The molecule has 0 aliphatic rings. The Morgan fingerprint density at radius 3 is 1.73 bits per heavy atom. The number of anilines is 3. The number of benzene rings is 4. The zero-order valence-corrected chi connectivity index (χ0v) is 19.1. The molecule has 0 radical (unpaired) electrons. The van der Waals surface area contributed by atoms with Gasteiger partial charge in [0.15, 0.2) is 0 Å². The van der Waals surface area contributed by atoms with Crippen LogP contribution in [0, 0.1) is 27.7 Å². The van der Waals surface area contributed by atoms with E-state index in [9.17, 15) is 15.3 Å². The highest BCUT2D eigenvalue weighted by Gasteiger charge is 2.23. The molecule has 3 N–H and O–H groups in total. The summed E-state index contributed by atoms with van der Waals surface area (Å²) in [6.45, 7) is 7.53. The molecule has 0 unspecified atom stereocenters. The summed E-state index contributed by atoms with van der Waals surface area (Å²) in [6.07, 6.45) is 0. The summed E-state index contributed by atoms with van der Waals surface area (Å²) in [7, 11) is 0. The van der Waals surface area contributed by atoms with Crippen LogP contribution >= 0.6 is 0 Å². The lowest BCUT2D eigenvalue weighted by Gasteiger charge is -2.29. The van der Waals surface area contributed by atoms with Crippen molar-refractivity contribution in [3.05, 3.63) is 95.1 Å². The van der Waals surface area contributed by atoms with E-state index in [1.807, 2.05) is 69.0 Å². The van der Waals surface area contributed by atoms with Crippen LogP contribution < -0.4 is 9.64 Å². The van der Waals surface area contributed by atoms with Gasteiger partial charge >= 0.3 is 0 Å². The standard InChI is InChI=1S/C28H27NO4/c1-17-8-5-12-23(30)27(17)29(28-18(2)9-6-13-24(28)31)21-10-7-11-22(16-21)33-26-15-19(3)25(32)14-20(26)4/h5-16,30-32H,1-4H3. The number of rotatable bonds is 5. The number of phenols is 3. The number of ether oxygens (including phenoxy) is 1. The number of aryl methyl sites for hydroxylation is 4. The monoisotopic (exact) mass is 441 g/mol. The van der Waals surface area contributed by atoms with Crippen molar-refractivity contribution < 1.29 is 20.1 Å². The Kier molecular flexibility index (Phi) is 5.88. The van der Waals surface area contributed by atoms with Crippen molar-refractivity contribution in [2.45, 2.75) is 27.7 Å². The first-order chi connectivity index (χ1) is 15.8. The smallest absolute Gasteiger partial charge is 0.139 e. The summed E-state index contributed by atoms with van der Waals surface area (Å²) in [4.78, 5) is 1.84. The minimum Gasteiger partial charge on any atom is -0.508 e. The van der Waals surface area contributed by atoms with Gasteiger partial charge in [0.05, 0.1) is 17.1 Å². The molecule has 0 saturated carbocycles. The van der Waals surface area contributed by atoms with Crippen LogP contribution in [-0.2, 0) is 0 Å². The molecule has 0 fully saturated rings. The predicted molar refractivity (Wildman–Crippen MR) is 132 cm³/mol.